The molecule has 1 fully saturated rings. The number of morpholine rings is 1. The number of ketones is 1. The first-order chi connectivity index (χ1) is 12.1. The third-order valence-corrected chi connectivity index (χ3v) is 4.93. The lowest BCUT2D eigenvalue weighted by Gasteiger charge is -2.28. The molecule has 0 radical (unpaired) electrons. The summed E-state index contributed by atoms with van der Waals surface area (Å²) >= 11 is 0. The van der Waals surface area contributed by atoms with E-state index in [1.54, 1.807) is 4.90 Å². The summed E-state index contributed by atoms with van der Waals surface area (Å²) < 4.78 is 5.36. The molecule has 0 spiro atoms. The number of ether oxygens (including phenoxy) is 1. The Kier molecular flexibility index (Phi) is 5.50. The number of Topliss-reactive ketones (excluding diaryl/α,β-unsaturated/α-hetero) is 1. The molecule has 1 unspecified atom stereocenters. The summed E-state index contributed by atoms with van der Waals surface area (Å²) in [5.74, 6) is -1.11. The molecule has 25 heavy (non-hydrogen) atoms. The Bertz CT molecular complexity index is 665. The van der Waals surface area contributed by atoms with Gasteiger partial charge < -0.3 is 19.6 Å². The predicted molar refractivity (Wildman–Crippen MR) is 92.2 cm³/mol. The molecule has 6 nitrogen and oxygen atoms in total. The fraction of sp³-hybridized carbons (Fsp3) is 0.474. The van der Waals surface area contributed by atoms with Crippen LogP contribution in [0.4, 0.5) is 0 Å². The third kappa shape index (κ3) is 3.75. The smallest absolute Gasteiger partial charge is 0.290 e. The Labute approximate surface area is 147 Å². The Balaban J connectivity index is 1.74. The molecule has 2 N–H and O–H groups in total. The van der Waals surface area contributed by atoms with Crippen molar-refractivity contribution in [2.24, 2.45) is 0 Å². The Morgan fingerprint density at radius 2 is 1.96 bits per heavy atom. The molecule has 2 aliphatic rings. The number of carbonyl (C=O) groups excluding carboxylic acids is 2. The molecule has 1 saturated heterocycles. The fourth-order valence-electron chi connectivity index (χ4n) is 3.64. The minimum atomic E-state index is -0.495. The van der Waals surface area contributed by atoms with E-state index in [-0.39, 0.29) is 11.4 Å². The van der Waals surface area contributed by atoms with E-state index in [1.165, 1.54) is 11.8 Å². The van der Waals surface area contributed by atoms with E-state index >= 15 is 0 Å². The second-order valence-electron chi connectivity index (χ2n) is 6.60. The van der Waals surface area contributed by atoms with Gasteiger partial charge in [0.1, 0.15) is 13.1 Å². The number of nitrogens with one attached hydrogen (secondary N) is 1. The quantitative estimate of drug-likeness (QED) is 0.777. The van der Waals surface area contributed by atoms with E-state index < -0.39 is 17.7 Å². The summed E-state index contributed by atoms with van der Waals surface area (Å²) in [5, 5.41) is 10.2. The van der Waals surface area contributed by atoms with Gasteiger partial charge in [0.2, 0.25) is 0 Å². The molecular formula is C19H25N2O4+. The summed E-state index contributed by atoms with van der Waals surface area (Å²) in [5.41, 5.74) is 1.05. The van der Waals surface area contributed by atoms with Gasteiger partial charge in [-0.25, -0.2) is 0 Å². The number of hydrogen-bond donors (Lipinski definition) is 2. The number of carbonyl (C=O) groups is 2. The van der Waals surface area contributed by atoms with E-state index in [2.05, 4.69) is 0 Å². The van der Waals surface area contributed by atoms with Crippen LogP contribution in [0, 0.1) is 0 Å². The summed E-state index contributed by atoms with van der Waals surface area (Å²) in [4.78, 5) is 27.7. The van der Waals surface area contributed by atoms with Crippen LogP contribution in [-0.2, 0) is 14.3 Å². The van der Waals surface area contributed by atoms with Gasteiger partial charge in [-0.2, -0.15) is 0 Å². The van der Waals surface area contributed by atoms with Crippen molar-refractivity contribution in [1.29, 1.82) is 0 Å². The van der Waals surface area contributed by atoms with Gasteiger partial charge in [0.05, 0.1) is 31.4 Å². The molecule has 3 rings (SSSR count). The lowest BCUT2D eigenvalue weighted by atomic mass is 9.97. The normalized spacial score (nSPS) is 21.9. The largest absolute Gasteiger partial charge is 0.503 e. The molecular weight excluding hydrogens is 320 g/mol. The van der Waals surface area contributed by atoms with Crippen molar-refractivity contribution in [3.8, 4) is 0 Å². The zero-order chi connectivity index (χ0) is 17.8. The number of nitrogens with zero attached hydrogens (tertiary/aromatic N) is 1. The van der Waals surface area contributed by atoms with Crippen LogP contribution in [0.15, 0.2) is 41.7 Å². The van der Waals surface area contributed by atoms with Gasteiger partial charge in [-0.3, -0.25) is 9.59 Å². The monoisotopic (exact) mass is 345 g/mol. The zero-order valence-electron chi connectivity index (χ0n) is 14.5. The molecule has 1 aromatic carbocycles. The highest BCUT2D eigenvalue weighted by Gasteiger charge is 2.42. The molecule has 2 aliphatic heterocycles. The number of aliphatic hydroxyl groups is 1. The molecule has 2 heterocycles. The predicted octanol–water partition coefficient (Wildman–Crippen LogP) is 0.276. The van der Waals surface area contributed by atoms with Gasteiger partial charge in [0.25, 0.3) is 5.91 Å². The van der Waals surface area contributed by atoms with E-state index in [9.17, 15) is 14.7 Å². The topological polar surface area (TPSA) is 71.3 Å². The van der Waals surface area contributed by atoms with Crippen LogP contribution in [-0.4, -0.2) is 61.1 Å². The Morgan fingerprint density at radius 1 is 1.28 bits per heavy atom. The number of rotatable bonds is 6. The van der Waals surface area contributed by atoms with Crippen molar-refractivity contribution in [2.75, 3.05) is 39.4 Å². The third-order valence-electron chi connectivity index (χ3n) is 4.93. The van der Waals surface area contributed by atoms with Crippen LogP contribution in [0.2, 0.25) is 0 Å². The second kappa shape index (κ2) is 7.80. The molecule has 0 aliphatic carbocycles. The fourth-order valence-corrected chi connectivity index (χ4v) is 3.64. The summed E-state index contributed by atoms with van der Waals surface area (Å²) in [6, 6.07) is 8.93. The average Bonchev–Trinajstić information content (AvgIpc) is 2.88. The van der Waals surface area contributed by atoms with E-state index in [1.807, 2.05) is 30.3 Å². The van der Waals surface area contributed by atoms with Gasteiger partial charge in [0, 0.05) is 13.0 Å². The second-order valence-corrected chi connectivity index (χ2v) is 6.60. The first-order valence-electron chi connectivity index (χ1n) is 8.81. The summed E-state index contributed by atoms with van der Waals surface area (Å²) in [6.07, 6.45) is 0.822. The molecule has 1 aromatic rings. The van der Waals surface area contributed by atoms with E-state index in [4.69, 9.17) is 4.74 Å². The van der Waals surface area contributed by atoms with Crippen LogP contribution >= 0.6 is 0 Å². The van der Waals surface area contributed by atoms with Gasteiger partial charge in [0.15, 0.2) is 11.5 Å². The number of benzene rings is 1. The first kappa shape index (κ1) is 17.6. The minimum absolute atomic E-state index is 0.204. The van der Waals surface area contributed by atoms with Crippen LogP contribution in [0.5, 0.6) is 0 Å². The minimum Gasteiger partial charge on any atom is -0.503 e. The highest BCUT2D eigenvalue weighted by Crippen LogP contribution is 2.37. The molecule has 0 saturated carbocycles. The van der Waals surface area contributed by atoms with Gasteiger partial charge in [-0.1, -0.05) is 30.3 Å². The SMILES string of the molecule is CC(=O)C1=C(O)C(=O)N(CCC[NH+]2CCOCC2)C1c1ccccc1. The van der Waals surface area contributed by atoms with Gasteiger partial charge in [-0.15, -0.1) is 0 Å². The first-order valence-corrected chi connectivity index (χ1v) is 8.81. The lowest BCUT2D eigenvalue weighted by Crippen LogP contribution is -3.14. The van der Waals surface area contributed by atoms with E-state index in [0.29, 0.717) is 6.54 Å². The number of hydrogen-bond acceptors (Lipinski definition) is 4. The van der Waals surface area contributed by atoms with Gasteiger partial charge >= 0.3 is 0 Å². The van der Waals surface area contributed by atoms with Crippen molar-refractivity contribution in [3.05, 3.63) is 47.2 Å². The van der Waals surface area contributed by atoms with Gasteiger partial charge in [-0.05, 0) is 12.5 Å². The van der Waals surface area contributed by atoms with Crippen LogP contribution in [0.3, 0.4) is 0 Å². The van der Waals surface area contributed by atoms with Crippen molar-refractivity contribution >= 4 is 11.7 Å². The highest BCUT2D eigenvalue weighted by atomic mass is 16.5. The van der Waals surface area contributed by atoms with Crippen LogP contribution < -0.4 is 4.90 Å². The maximum atomic E-state index is 12.5. The zero-order valence-corrected chi connectivity index (χ0v) is 14.5. The van der Waals surface area contributed by atoms with Crippen molar-refractivity contribution < 1.29 is 24.3 Å². The summed E-state index contributed by atoms with van der Waals surface area (Å²) in [7, 11) is 0. The molecule has 1 atom stereocenters. The van der Waals surface area contributed by atoms with Crippen molar-refractivity contribution in [3.63, 3.8) is 0 Å². The summed E-state index contributed by atoms with van der Waals surface area (Å²) in [6.45, 7) is 6.39. The maximum Gasteiger partial charge on any atom is 0.290 e. The molecule has 6 heteroatoms. The van der Waals surface area contributed by atoms with E-state index in [0.717, 1.165) is 44.8 Å². The molecule has 0 bridgehead atoms. The Morgan fingerprint density at radius 3 is 2.60 bits per heavy atom. The standard InChI is InChI=1S/C19H24N2O4/c1-14(22)16-17(15-6-3-2-4-7-15)21(19(24)18(16)23)9-5-8-20-10-12-25-13-11-20/h2-4,6-7,17,23H,5,8-13H2,1H3/p+1. The van der Waals surface area contributed by atoms with Crippen molar-refractivity contribution in [1.82, 2.24) is 4.90 Å². The molecule has 0 aromatic heterocycles. The average molecular weight is 345 g/mol. The maximum absolute atomic E-state index is 12.5. The number of amides is 1. The van der Waals surface area contributed by atoms with Crippen molar-refractivity contribution in [2.45, 2.75) is 19.4 Å². The lowest BCUT2D eigenvalue weighted by molar-refractivity contribution is -0.908. The van der Waals surface area contributed by atoms with Crippen LogP contribution in [0.1, 0.15) is 24.9 Å². The highest BCUT2D eigenvalue weighted by molar-refractivity contribution is 6.08. The number of quaternary nitrogens is 1. The van der Waals surface area contributed by atoms with Crippen LogP contribution in [0.25, 0.3) is 0 Å². The Hall–Kier alpha value is -2.18. The molecule has 1 amide bonds. The molecule has 134 valence electrons. The number of aliphatic hydroxyl groups excluding tert-OH is 1.